The highest BCUT2D eigenvalue weighted by Gasteiger charge is 2.48. The fraction of sp³-hybridized carbons (Fsp3) is 0.533. The number of nitrogens with two attached hydrogens (primary N) is 1. The van der Waals surface area contributed by atoms with Crippen molar-refractivity contribution >= 4 is 16.9 Å². The quantitative estimate of drug-likeness (QED) is 0.912. The molecule has 1 saturated carbocycles. The fourth-order valence-electron chi connectivity index (χ4n) is 3.42. The van der Waals surface area contributed by atoms with Gasteiger partial charge in [0, 0.05) is 24.3 Å². The van der Waals surface area contributed by atoms with E-state index in [9.17, 15) is 4.39 Å². The first kappa shape index (κ1) is 13.9. The average Bonchev–Trinajstić information content (AvgIpc) is 2.47. The molecule has 108 valence electrons. The molecule has 20 heavy (non-hydrogen) atoms. The van der Waals surface area contributed by atoms with Crippen LogP contribution in [0.3, 0.4) is 0 Å². The van der Waals surface area contributed by atoms with Crippen LogP contribution >= 0.6 is 11.8 Å². The number of fused-ring (bicyclic) bond motifs is 1. The van der Waals surface area contributed by atoms with Crippen LogP contribution in [0.1, 0.15) is 24.8 Å². The lowest BCUT2D eigenvalue weighted by molar-refractivity contribution is 0.0229. The van der Waals surface area contributed by atoms with Crippen LogP contribution in [0.5, 0.6) is 0 Å². The molecular formula is C15H19FN2OS. The number of ether oxygens (including phenoxy) is 1. The van der Waals surface area contributed by atoms with Gasteiger partial charge in [0.25, 0.3) is 0 Å². The van der Waals surface area contributed by atoms with Gasteiger partial charge in [0.15, 0.2) is 5.17 Å². The minimum absolute atomic E-state index is 0.184. The van der Waals surface area contributed by atoms with Crippen LogP contribution < -0.4 is 5.73 Å². The van der Waals surface area contributed by atoms with Crippen LogP contribution in [0.25, 0.3) is 0 Å². The SMILES string of the molecule is CO[C@H]1CC[C@]2(c3ccccc3F)N=C(N)SC[C@@H]2C1. The summed E-state index contributed by atoms with van der Waals surface area (Å²) in [5, 5.41) is 0.570. The molecule has 0 unspecified atom stereocenters. The van der Waals surface area contributed by atoms with Crippen molar-refractivity contribution in [2.75, 3.05) is 12.9 Å². The van der Waals surface area contributed by atoms with E-state index in [-0.39, 0.29) is 17.8 Å². The first-order valence-corrected chi connectivity index (χ1v) is 7.90. The molecule has 2 N–H and O–H groups in total. The Morgan fingerprint density at radius 1 is 1.45 bits per heavy atom. The Bertz CT molecular complexity index is 536. The third-order valence-corrected chi connectivity index (χ3v) is 5.44. The van der Waals surface area contributed by atoms with Gasteiger partial charge in [-0.2, -0.15) is 0 Å². The van der Waals surface area contributed by atoms with Gasteiger partial charge >= 0.3 is 0 Å². The standard InChI is InChI=1S/C15H19FN2OS/c1-19-11-6-7-15(12-4-2-3-5-13(12)16)10(8-11)9-20-14(17)18-15/h2-5,10-11H,6-9H2,1H3,(H2,17,18)/t10-,11-,15-/m0/s1. The molecule has 1 aliphatic carbocycles. The monoisotopic (exact) mass is 294 g/mol. The number of thioether (sulfide) groups is 1. The molecule has 1 heterocycles. The summed E-state index contributed by atoms with van der Waals surface area (Å²) in [5.41, 5.74) is 6.12. The Hall–Kier alpha value is -1.07. The summed E-state index contributed by atoms with van der Waals surface area (Å²) in [6.45, 7) is 0. The van der Waals surface area contributed by atoms with Crippen molar-refractivity contribution in [2.45, 2.75) is 30.9 Å². The van der Waals surface area contributed by atoms with E-state index in [0.29, 0.717) is 10.7 Å². The highest BCUT2D eigenvalue weighted by atomic mass is 32.2. The number of methoxy groups -OCH3 is 1. The summed E-state index contributed by atoms with van der Waals surface area (Å²) in [6.07, 6.45) is 2.84. The topological polar surface area (TPSA) is 47.6 Å². The molecule has 2 aliphatic rings. The first-order valence-electron chi connectivity index (χ1n) is 6.91. The van der Waals surface area contributed by atoms with Gasteiger partial charge in [-0.25, -0.2) is 4.39 Å². The zero-order valence-electron chi connectivity index (χ0n) is 11.5. The molecule has 3 atom stereocenters. The van der Waals surface area contributed by atoms with Crippen molar-refractivity contribution in [2.24, 2.45) is 16.6 Å². The van der Waals surface area contributed by atoms with Gasteiger partial charge in [-0.05, 0) is 25.3 Å². The highest BCUT2D eigenvalue weighted by molar-refractivity contribution is 8.13. The lowest BCUT2D eigenvalue weighted by Crippen LogP contribution is -2.46. The van der Waals surface area contributed by atoms with Crippen molar-refractivity contribution in [1.29, 1.82) is 0 Å². The third-order valence-electron chi connectivity index (χ3n) is 4.49. The second kappa shape index (κ2) is 5.37. The van der Waals surface area contributed by atoms with Crippen molar-refractivity contribution in [3.8, 4) is 0 Å². The Morgan fingerprint density at radius 3 is 3.00 bits per heavy atom. The van der Waals surface area contributed by atoms with Crippen molar-refractivity contribution in [3.63, 3.8) is 0 Å². The van der Waals surface area contributed by atoms with E-state index in [1.807, 2.05) is 12.1 Å². The Kier molecular flexibility index (Phi) is 3.73. The average molecular weight is 294 g/mol. The van der Waals surface area contributed by atoms with E-state index in [4.69, 9.17) is 15.5 Å². The van der Waals surface area contributed by atoms with Gasteiger partial charge in [-0.3, -0.25) is 4.99 Å². The van der Waals surface area contributed by atoms with Gasteiger partial charge in [0.2, 0.25) is 0 Å². The summed E-state index contributed by atoms with van der Waals surface area (Å²) in [4.78, 5) is 4.70. The lowest BCUT2D eigenvalue weighted by atomic mass is 9.68. The van der Waals surface area contributed by atoms with Crippen LogP contribution in [0.4, 0.5) is 4.39 Å². The van der Waals surface area contributed by atoms with Crippen LogP contribution in [0.15, 0.2) is 29.3 Å². The van der Waals surface area contributed by atoms with E-state index in [1.165, 1.54) is 6.07 Å². The van der Waals surface area contributed by atoms with Crippen LogP contribution in [-0.2, 0) is 10.3 Å². The predicted octanol–water partition coefficient (Wildman–Crippen LogP) is 2.90. The van der Waals surface area contributed by atoms with E-state index in [1.54, 1.807) is 24.9 Å². The predicted molar refractivity (Wildman–Crippen MR) is 80.3 cm³/mol. The summed E-state index contributed by atoms with van der Waals surface area (Å²) in [7, 11) is 1.74. The largest absolute Gasteiger partial charge is 0.381 e. The normalized spacial score (nSPS) is 33.4. The Labute approximate surface area is 122 Å². The highest BCUT2D eigenvalue weighted by Crippen LogP contribution is 2.50. The number of rotatable bonds is 2. The molecule has 1 aliphatic heterocycles. The second-order valence-electron chi connectivity index (χ2n) is 5.49. The number of nitrogens with zero attached hydrogens (tertiary/aromatic N) is 1. The zero-order valence-corrected chi connectivity index (χ0v) is 12.3. The molecule has 1 aromatic rings. The molecule has 5 heteroatoms. The maximum atomic E-state index is 14.3. The van der Waals surface area contributed by atoms with Gasteiger partial charge in [0.05, 0.1) is 11.6 Å². The zero-order chi connectivity index (χ0) is 14.2. The minimum atomic E-state index is -0.504. The number of amidine groups is 1. The van der Waals surface area contributed by atoms with Crippen LogP contribution in [0, 0.1) is 11.7 Å². The molecule has 1 fully saturated rings. The van der Waals surface area contributed by atoms with Crippen LogP contribution in [0.2, 0.25) is 0 Å². The molecular weight excluding hydrogens is 275 g/mol. The molecule has 0 bridgehead atoms. The smallest absolute Gasteiger partial charge is 0.154 e. The van der Waals surface area contributed by atoms with Gasteiger partial charge in [-0.15, -0.1) is 0 Å². The van der Waals surface area contributed by atoms with Crippen molar-refractivity contribution < 1.29 is 9.13 Å². The molecule has 1 aromatic carbocycles. The lowest BCUT2D eigenvalue weighted by Gasteiger charge is -2.46. The fourth-order valence-corrected chi connectivity index (χ4v) is 4.44. The summed E-state index contributed by atoms with van der Waals surface area (Å²) < 4.78 is 19.8. The molecule has 0 aromatic heterocycles. The number of hydrogen-bond donors (Lipinski definition) is 1. The maximum Gasteiger partial charge on any atom is 0.154 e. The maximum absolute atomic E-state index is 14.3. The Balaban J connectivity index is 2.06. The number of halogens is 1. The molecule has 3 rings (SSSR count). The second-order valence-corrected chi connectivity index (χ2v) is 6.53. The molecule has 0 spiro atoms. The summed E-state index contributed by atoms with van der Waals surface area (Å²) in [6, 6.07) is 6.95. The summed E-state index contributed by atoms with van der Waals surface area (Å²) in [5.74, 6) is 0.969. The third kappa shape index (κ3) is 2.23. The minimum Gasteiger partial charge on any atom is -0.381 e. The van der Waals surface area contributed by atoms with Crippen LogP contribution in [-0.4, -0.2) is 24.1 Å². The number of aliphatic imine (C=N–C) groups is 1. The van der Waals surface area contributed by atoms with E-state index >= 15 is 0 Å². The van der Waals surface area contributed by atoms with Crippen molar-refractivity contribution in [1.82, 2.24) is 0 Å². The van der Waals surface area contributed by atoms with Gasteiger partial charge in [-0.1, -0.05) is 30.0 Å². The van der Waals surface area contributed by atoms with E-state index < -0.39 is 5.54 Å². The molecule has 3 nitrogen and oxygen atoms in total. The summed E-state index contributed by atoms with van der Waals surface area (Å²) >= 11 is 1.57. The van der Waals surface area contributed by atoms with Gasteiger partial charge in [0.1, 0.15) is 5.82 Å². The molecule has 0 saturated heterocycles. The van der Waals surface area contributed by atoms with E-state index in [2.05, 4.69) is 0 Å². The number of hydrogen-bond acceptors (Lipinski definition) is 4. The number of benzene rings is 1. The van der Waals surface area contributed by atoms with Crippen molar-refractivity contribution in [3.05, 3.63) is 35.6 Å². The van der Waals surface area contributed by atoms with Gasteiger partial charge < -0.3 is 10.5 Å². The Morgan fingerprint density at radius 2 is 2.25 bits per heavy atom. The first-order chi connectivity index (χ1) is 9.65. The molecule has 0 amide bonds. The van der Waals surface area contributed by atoms with E-state index in [0.717, 1.165) is 25.0 Å². The molecule has 0 radical (unpaired) electrons.